The number of anilines is 1. The SMILES string of the molecule is CN=C(NCCN(C(C)C)C(C)C)NCc1ccc(NC(=O)OC)cc1. The Bertz CT molecular complexity index is 562. The Morgan fingerprint density at radius 2 is 1.73 bits per heavy atom. The third kappa shape index (κ3) is 7.74. The van der Waals surface area contributed by atoms with E-state index < -0.39 is 6.09 Å². The summed E-state index contributed by atoms with van der Waals surface area (Å²) in [6, 6.07) is 8.61. The van der Waals surface area contributed by atoms with E-state index in [4.69, 9.17) is 0 Å². The molecule has 0 bridgehead atoms. The van der Waals surface area contributed by atoms with E-state index in [1.165, 1.54) is 7.11 Å². The van der Waals surface area contributed by atoms with Crippen molar-refractivity contribution >= 4 is 17.7 Å². The van der Waals surface area contributed by atoms with E-state index >= 15 is 0 Å². The summed E-state index contributed by atoms with van der Waals surface area (Å²) in [5.74, 6) is 0.772. The summed E-state index contributed by atoms with van der Waals surface area (Å²) in [5, 5.41) is 9.28. The van der Waals surface area contributed by atoms with Crippen molar-refractivity contribution in [1.82, 2.24) is 15.5 Å². The minimum atomic E-state index is -0.475. The first-order chi connectivity index (χ1) is 12.4. The molecule has 0 aliphatic heterocycles. The molecule has 0 saturated carbocycles. The van der Waals surface area contributed by atoms with Crippen LogP contribution in [0.1, 0.15) is 33.3 Å². The van der Waals surface area contributed by atoms with E-state index in [2.05, 4.69) is 58.3 Å². The number of nitrogens with one attached hydrogen (secondary N) is 3. The predicted molar refractivity (Wildman–Crippen MR) is 108 cm³/mol. The lowest BCUT2D eigenvalue weighted by Gasteiger charge is -2.30. The maximum Gasteiger partial charge on any atom is 0.411 e. The summed E-state index contributed by atoms with van der Waals surface area (Å²) in [7, 11) is 3.11. The van der Waals surface area contributed by atoms with Crippen LogP contribution in [0.3, 0.4) is 0 Å². The molecule has 0 unspecified atom stereocenters. The molecule has 26 heavy (non-hydrogen) atoms. The van der Waals surface area contributed by atoms with Gasteiger partial charge in [-0.15, -0.1) is 0 Å². The molecule has 7 heteroatoms. The maximum absolute atomic E-state index is 11.2. The lowest BCUT2D eigenvalue weighted by Crippen LogP contribution is -2.45. The van der Waals surface area contributed by atoms with E-state index in [1.807, 2.05) is 24.3 Å². The number of benzene rings is 1. The van der Waals surface area contributed by atoms with Gasteiger partial charge in [-0.25, -0.2) is 4.79 Å². The molecule has 0 aliphatic carbocycles. The predicted octanol–water partition coefficient (Wildman–Crippen LogP) is 2.65. The van der Waals surface area contributed by atoms with Crippen LogP contribution in [-0.2, 0) is 11.3 Å². The second-order valence-corrected chi connectivity index (χ2v) is 6.59. The number of hydrogen-bond donors (Lipinski definition) is 3. The van der Waals surface area contributed by atoms with Crippen molar-refractivity contribution in [3.63, 3.8) is 0 Å². The number of carbonyl (C=O) groups is 1. The van der Waals surface area contributed by atoms with Gasteiger partial charge in [0.25, 0.3) is 0 Å². The van der Waals surface area contributed by atoms with Crippen LogP contribution in [0.25, 0.3) is 0 Å². The number of amides is 1. The standard InChI is InChI=1S/C19H33N5O2/c1-14(2)24(15(3)4)12-11-21-18(20-5)22-13-16-7-9-17(10-8-16)23-19(25)26-6/h7-10,14-15H,11-13H2,1-6H3,(H,23,25)(H2,20,21,22). The first-order valence-corrected chi connectivity index (χ1v) is 9.01. The second-order valence-electron chi connectivity index (χ2n) is 6.59. The number of ether oxygens (including phenoxy) is 1. The molecule has 3 N–H and O–H groups in total. The average Bonchev–Trinajstić information content (AvgIpc) is 2.61. The first-order valence-electron chi connectivity index (χ1n) is 9.01. The fourth-order valence-electron chi connectivity index (χ4n) is 2.70. The molecular weight excluding hydrogens is 330 g/mol. The number of nitrogens with zero attached hydrogens (tertiary/aromatic N) is 2. The van der Waals surface area contributed by atoms with Crippen molar-refractivity contribution in [2.45, 2.75) is 46.3 Å². The average molecular weight is 364 g/mol. The zero-order chi connectivity index (χ0) is 19.5. The third-order valence-electron chi connectivity index (χ3n) is 4.06. The molecule has 0 fully saturated rings. The van der Waals surface area contributed by atoms with Gasteiger partial charge in [0, 0.05) is 44.5 Å². The number of carbonyl (C=O) groups excluding carboxylic acids is 1. The van der Waals surface area contributed by atoms with Gasteiger partial charge in [-0.2, -0.15) is 0 Å². The molecule has 0 aromatic heterocycles. The Balaban J connectivity index is 2.43. The second kappa shape index (κ2) is 11.4. The zero-order valence-electron chi connectivity index (χ0n) is 16.8. The topological polar surface area (TPSA) is 78.0 Å². The normalized spacial score (nSPS) is 11.8. The molecule has 146 valence electrons. The van der Waals surface area contributed by atoms with Crippen molar-refractivity contribution in [2.75, 3.05) is 32.6 Å². The van der Waals surface area contributed by atoms with Gasteiger partial charge in [0.05, 0.1) is 7.11 Å². The monoisotopic (exact) mass is 363 g/mol. The maximum atomic E-state index is 11.2. The lowest BCUT2D eigenvalue weighted by atomic mass is 10.2. The molecule has 0 radical (unpaired) electrons. The van der Waals surface area contributed by atoms with Gasteiger partial charge in [0.15, 0.2) is 5.96 Å². The van der Waals surface area contributed by atoms with Crippen LogP contribution in [0.4, 0.5) is 10.5 Å². The molecule has 0 spiro atoms. The summed E-state index contributed by atoms with van der Waals surface area (Å²) in [5.41, 5.74) is 1.79. The Kier molecular flexibility index (Phi) is 9.51. The highest BCUT2D eigenvalue weighted by molar-refractivity contribution is 5.84. The van der Waals surface area contributed by atoms with Crippen molar-refractivity contribution in [1.29, 1.82) is 0 Å². The fraction of sp³-hybridized carbons (Fsp3) is 0.579. The summed E-state index contributed by atoms with van der Waals surface area (Å²) in [6.07, 6.45) is -0.475. The van der Waals surface area contributed by atoms with E-state index in [0.29, 0.717) is 24.3 Å². The van der Waals surface area contributed by atoms with E-state index in [1.54, 1.807) is 7.05 Å². The minimum absolute atomic E-state index is 0.475. The van der Waals surface area contributed by atoms with Crippen LogP contribution in [0.15, 0.2) is 29.3 Å². The van der Waals surface area contributed by atoms with Crippen LogP contribution in [-0.4, -0.2) is 56.3 Å². The highest BCUT2D eigenvalue weighted by Gasteiger charge is 2.12. The Morgan fingerprint density at radius 3 is 2.23 bits per heavy atom. The molecule has 1 aromatic carbocycles. The molecule has 1 amide bonds. The van der Waals surface area contributed by atoms with Crippen LogP contribution in [0, 0.1) is 0 Å². The Hall–Kier alpha value is -2.28. The molecule has 1 aromatic rings. The molecule has 0 aliphatic rings. The number of guanidine groups is 1. The van der Waals surface area contributed by atoms with Crippen molar-refractivity contribution in [3.8, 4) is 0 Å². The van der Waals surface area contributed by atoms with Gasteiger partial charge in [-0.1, -0.05) is 12.1 Å². The number of methoxy groups -OCH3 is 1. The zero-order valence-corrected chi connectivity index (χ0v) is 16.8. The Labute approximate surface area is 157 Å². The molecule has 0 heterocycles. The third-order valence-corrected chi connectivity index (χ3v) is 4.06. The summed E-state index contributed by atoms with van der Waals surface area (Å²) >= 11 is 0. The van der Waals surface area contributed by atoms with Crippen LogP contribution in [0.5, 0.6) is 0 Å². The number of aliphatic imine (C=N–C) groups is 1. The number of hydrogen-bond acceptors (Lipinski definition) is 4. The quantitative estimate of drug-likeness (QED) is 0.489. The Morgan fingerprint density at radius 1 is 1.12 bits per heavy atom. The van der Waals surface area contributed by atoms with Crippen molar-refractivity contribution < 1.29 is 9.53 Å². The fourth-order valence-corrected chi connectivity index (χ4v) is 2.70. The van der Waals surface area contributed by atoms with Gasteiger partial charge in [0.2, 0.25) is 0 Å². The van der Waals surface area contributed by atoms with Gasteiger partial charge in [-0.05, 0) is 45.4 Å². The first kappa shape index (κ1) is 21.8. The molecular formula is C19H33N5O2. The van der Waals surface area contributed by atoms with Gasteiger partial charge >= 0.3 is 6.09 Å². The molecule has 0 atom stereocenters. The number of rotatable bonds is 8. The van der Waals surface area contributed by atoms with Crippen LogP contribution < -0.4 is 16.0 Å². The molecule has 0 saturated heterocycles. The highest BCUT2D eigenvalue weighted by Crippen LogP contribution is 2.09. The van der Waals surface area contributed by atoms with E-state index in [-0.39, 0.29) is 0 Å². The van der Waals surface area contributed by atoms with Crippen molar-refractivity contribution in [3.05, 3.63) is 29.8 Å². The lowest BCUT2D eigenvalue weighted by molar-refractivity contribution is 0.178. The van der Waals surface area contributed by atoms with Crippen LogP contribution >= 0.6 is 0 Å². The molecule has 7 nitrogen and oxygen atoms in total. The van der Waals surface area contributed by atoms with Gasteiger partial charge < -0.3 is 15.4 Å². The largest absolute Gasteiger partial charge is 0.453 e. The summed E-state index contributed by atoms with van der Waals surface area (Å²) in [4.78, 5) is 17.9. The highest BCUT2D eigenvalue weighted by atomic mass is 16.5. The minimum Gasteiger partial charge on any atom is -0.453 e. The van der Waals surface area contributed by atoms with Crippen molar-refractivity contribution in [2.24, 2.45) is 4.99 Å². The smallest absolute Gasteiger partial charge is 0.411 e. The molecule has 1 rings (SSSR count). The summed E-state index contributed by atoms with van der Waals surface area (Å²) < 4.78 is 4.57. The van der Waals surface area contributed by atoms with E-state index in [9.17, 15) is 4.79 Å². The summed E-state index contributed by atoms with van der Waals surface area (Å²) in [6.45, 7) is 11.3. The van der Waals surface area contributed by atoms with Gasteiger partial charge in [-0.3, -0.25) is 15.2 Å². The van der Waals surface area contributed by atoms with Gasteiger partial charge in [0.1, 0.15) is 0 Å². The van der Waals surface area contributed by atoms with E-state index in [0.717, 1.165) is 24.6 Å². The van der Waals surface area contributed by atoms with Crippen LogP contribution in [0.2, 0.25) is 0 Å².